The predicted octanol–water partition coefficient (Wildman–Crippen LogP) is 3.34. The van der Waals surface area contributed by atoms with E-state index in [0.29, 0.717) is 41.9 Å². The van der Waals surface area contributed by atoms with Gasteiger partial charge in [-0.2, -0.15) is 10.1 Å². The Morgan fingerprint density at radius 3 is 2.71 bits per heavy atom. The maximum atomic E-state index is 12.3. The highest BCUT2D eigenvalue weighted by atomic mass is 16.5. The Kier molecular flexibility index (Phi) is 5.62. The number of carbonyl (C=O) groups is 1. The average molecular weight is 419 g/mol. The van der Waals surface area contributed by atoms with Gasteiger partial charge in [-0.1, -0.05) is 30.3 Å². The van der Waals surface area contributed by atoms with Gasteiger partial charge in [0.1, 0.15) is 19.0 Å². The summed E-state index contributed by atoms with van der Waals surface area (Å²) in [6.07, 6.45) is 1.44. The monoisotopic (exact) mass is 419 g/mol. The number of nitrogens with zero attached hydrogens (tertiary/aromatic N) is 3. The lowest BCUT2D eigenvalue weighted by molar-refractivity contribution is -0.115. The number of nitrogens with two attached hydrogens (primary N) is 1. The molecule has 1 aliphatic heterocycles. The van der Waals surface area contributed by atoms with Crippen LogP contribution in [0.1, 0.15) is 36.6 Å². The van der Waals surface area contributed by atoms with Crippen LogP contribution < -0.4 is 20.5 Å². The fourth-order valence-electron chi connectivity index (χ4n) is 3.73. The lowest BCUT2D eigenvalue weighted by atomic mass is 9.95. The van der Waals surface area contributed by atoms with Crippen LogP contribution in [0.3, 0.4) is 0 Å². The molecule has 8 nitrogen and oxygen atoms in total. The van der Waals surface area contributed by atoms with Gasteiger partial charge in [0.25, 0.3) is 0 Å². The molecule has 31 heavy (non-hydrogen) atoms. The number of rotatable bonds is 7. The van der Waals surface area contributed by atoms with E-state index in [0.717, 1.165) is 16.7 Å². The van der Waals surface area contributed by atoms with Crippen LogP contribution in [0.5, 0.6) is 11.5 Å². The van der Waals surface area contributed by atoms with Crippen LogP contribution in [0.4, 0.5) is 5.95 Å². The molecule has 8 heteroatoms. The van der Waals surface area contributed by atoms with E-state index < -0.39 is 11.9 Å². The Labute approximate surface area is 180 Å². The zero-order chi connectivity index (χ0) is 22.0. The van der Waals surface area contributed by atoms with Crippen molar-refractivity contribution in [3.05, 3.63) is 76.8 Å². The van der Waals surface area contributed by atoms with E-state index in [1.807, 2.05) is 43.3 Å². The normalized spacial score (nSPS) is 15.3. The van der Waals surface area contributed by atoms with E-state index >= 15 is 0 Å². The van der Waals surface area contributed by atoms with E-state index in [1.54, 1.807) is 11.6 Å². The minimum atomic E-state index is -0.519. The molecule has 2 heterocycles. The summed E-state index contributed by atoms with van der Waals surface area (Å²) in [4.78, 5) is 16.5. The number of anilines is 1. The van der Waals surface area contributed by atoms with Crippen molar-refractivity contribution in [1.82, 2.24) is 14.8 Å². The minimum Gasteiger partial charge on any atom is -0.490 e. The second-order valence-electron chi connectivity index (χ2n) is 7.31. The topological polar surface area (TPSA) is 104 Å². The highest BCUT2D eigenvalue weighted by molar-refractivity contribution is 5.95. The maximum Gasteiger partial charge on any atom is 0.248 e. The van der Waals surface area contributed by atoms with E-state index in [2.05, 4.69) is 28.4 Å². The maximum absolute atomic E-state index is 12.3. The van der Waals surface area contributed by atoms with Crippen molar-refractivity contribution < 1.29 is 14.3 Å². The van der Waals surface area contributed by atoms with Gasteiger partial charge in [0.15, 0.2) is 11.5 Å². The van der Waals surface area contributed by atoms with Crippen LogP contribution in [-0.2, 0) is 11.4 Å². The summed E-state index contributed by atoms with van der Waals surface area (Å²) in [7, 11) is 0. The van der Waals surface area contributed by atoms with Crippen molar-refractivity contribution in [2.75, 3.05) is 11.9 Å². The van der Waals surface area contributed by atoms with Crippen LogP contribution in [0.15, 0.2) is 60.1 Å². The van der Waals surface area contributed by atoms with Crippen LogP contribution in [0.25, 0.3) is 0 Å². The summed E-state index contributed by atoms with van der Waals surface area (Å²) in [5.41, 5.74) is 9.85. The van der Waals surface area contributed by atoms with E-state index in [-0.39, 0.29) is 0 Å². The minimum absolute atomic E-state index is 0.425. The molecule has 1 amide bonds. The Balaban J connectivity index is 1.70. The smallest absolute Gasteiger partial charge is 0.248 e. The first-order valence-corrected chi connectivity index (χ1v) is 10.1. The van der Waals surface area contributed by atoms with Gasteiger partial charge in [0.05, 0.1) is 12.2 Å². The van der Waals surface area contributed by atoms with Gasteiger partial charge >= 0.3 is 0 Å². The third kappa shape index (κ3) is 3.96. The van der Waals surface area contributed by atoms with Crippen molar-refractivity contribution in [1.29, 1.82) is 0 Å². The van der Waals surface area contributed by atoms with Crippen molar-refractivity contribution in [2.45, 2.75) is 33.4 Å². The SMILES string of the molecule is CCOc1cc([C@@H]2C(C(N)=O)=C(C)Nc3ncnn32)ccc1OCc1ccccc1C. The molecule has 4 rings (SSSR count). The van der Waals surface area contributed by atoms with Crippen molar-refractivity contribution in [3.8, 4) is 11.5 Å². The molecule has 1 aromatic heterocycles. The van der Waals surface area contributed by atoms with E-state index in [4.69, 9.17) is 15.2 Å². The number of aromatic nitrogens is 3. The number of amides is 1. The zero-order valence-corrected chi connectivity index (χ0v) is 17.8. The first kappa shape index (κ1) is 20.5. The molecule has 0 aliphatic carbocycles. The molecule has 0 unspecified atom stereocenters. The number of allylic oxidation sites excluding steroid dienone is 1. The molecule has 0 fully saturated rings. The Morgan fingerprint density at radius 1 is 1.16 bits per heavy atom. The van der Waals surface area contributed by atoms with Gasteiger partial charge in [0.2, 0.25) is 11.9 Å². The molecule has 160 valence electrons. The summed E-state index contributed by atoms with van der Waals surface area (Å²) in [5.74, 6) is 1.25. The lowest BCUT2D eigenvalue weighted by Crippen LogP contribution is -2.31. The molecule has 0 spiro atoms. The molecular weight excluding hydrogens is 394 g/mol. The molecule has 1 aliphatic rings. The first-order chi connectivity index (χ1) is 15.0. The van der Waals surface area contributed by atoms with Gasteiger partial charge < -0.3 is 20.5 Å². The van der Waals surface area contributed by atoms with Crippen LogP contribution in [0, 0.1) is 6.92 Å². The van der Waals surface area contributed by atoms with Crippen LogP contribution in [0.2, 0.25) is 0 Å². The number of hydrogen-bond acceptors (Lipinski definition) is 6. The molecule has 0 saturated carbocycles. The number of carbonyl (C=O) groups excluding carboxylic acids is 1. The van der Waals surface area contributed by atoms with Gasteiger partial charge in [-0.3, -0.25) is 4.79 Å². The third-order valence-corrected chi connectivity index (χ3v) is 5.29. The van der Waals surface area contributed by atoms with Gasteiger partial charge in [0, 0.05) is 5.70 Å². The summed E-state index contributed by atoms with van der Waals surface area (Å²) in [6.45, 7) is 6.67. The van der Waals surface area contributed by atoms with Crippen LogP contribution in [-0.4, -0.2) is 27.3 Å². The Bertz CT molecular complexity index is 1150. The summed E-state index contributed by atoms with van der Waals surface area (Å²) >= 11 is 0. The number of primary amides is 1. The van der Waals surface area contributed by atoms with Crippen molar-refractivity contribution in [2.24, 2.45) is 5.73 Å². The molecule has 0 bridgehead atoms. The van der Waals surface area contributed by atoms with Gasteiger partial charge in [-0.15, -0.1) is 0 Å². The summed E-state index contributed by atoms with van der Waals surface area (Å²) in [5, 5.41) is 7.37. The standard InChI is InChI=1S/C23H25N5O3/c1-4-30-19-11-16(9-10-18(19)31-12-17-8-6-5-7-14(17)2)21-20(22(24)29)15(3)27-23-25-13-26-28(21)23/h5-11,13,21H,4,12H2,1-3H3,(H2,24,29)(H,25,26,27)/t21-/m1/s1. The molecule has 3 N–H and O–H groups in total. The molecule has 1 atom stereocenters. The highest BCUT2D eigenvalue weighted by Crippen LogP contribution is 2.38. The number of benzene rings is 2. The number of hydrogen-bond donors (Lipinski definition) is 2. The van der Waals surface area contributed by atoms with Gasteiger partial charge in [-0.05, 0) is 49.6 Å². The number of nitrogens with one attached hydrogen (secondary N) is 1. The number of fused-ring (bicyclic) bond motifs is 1. The fourth-order valence-corrected chi connectivity index (χ4v) is 3.73. The van der Waals surface area contributed by atoms with Crippen molar-refractivity contribution >= 4 is 11.9 Å². The molecular formula is C23H25N5O3. The second-order valence-corrected chi connectivity index (χ2v) is 7.31. The largest absolute Gasteiger partial charge is 0.490 e. The van der Waals surface area contributed by atoms with E-state index in [9.17, 15) is 4.79 Å². The molecule has 3 aromatic rings. The highest BCUT2D eigenvalue weighted by Gasteiger charge is 2.32. The molecule has 2 aromatic carbocycles. The fraction of sp³-hybridized carbons (Fsp3) is 0.261. The molecule has 0 radical (unpaired) electrons. The summed E-state index contributed by atoms with van der Waals surface area (Å²) < 4.78 is 13.6. The second kappa shape index (κ2) is 8.51. The average Bonchev–Trinajstić information content (AvgIpc) is 3.21. The third-order valence-electron chi connectivity index (χ3n) is 5.29. The van der Waals surface area contributed by atoms with Crippen LogP contribution >= 0.6 is 0 Å². The van der Waals surface area contributed by atoms with E-state index in [1.165, 1.54) is 6.33 Å². The molecule has 0 saturated heterocycles. The first-order valence-electron chi connectivity index (χ1n) is 10.1. The Morgan fingerprint density at radius 2 is 1.97 bits per heavy atom. The zero-order valence-electron chi connectivity index (χ0n) is 17.8. The summed E-state index contributed by atoms with van der Waals surface area (Å²) in [6, 6.07) is 13.2. The Hall–Kier alpha value is -3.81. The number of aryl methyl sites for hydroxylation is 1. The van der Waals surface area contributed by atoms with Crippen molar-refractivity contribution in [3.63, 3.8) is 0 Å². The van der Waals surface area contributed by atoms with Gasteiger partial charge in [-0.25, -0.2) is 4.68 Å². The predicted molar refractivity (Wildman–Crippen MR) is 117 cm³/mol. The lowest BCUT2D eigenvalue weighted by Gasteiger charge is -2.28. The number of ether oxygens (including phenoxy) is 2. The quantitative estimate of drug-likeness (QED) is 0.609.